The van der Waals surface area contributed by atoms with Crippen LogP contribution in [0.15, 0.2) is 36.1 Å². The van der Waals surface area contributed by atoms with E-state index in [0.717, 1.165) is 47.5 Å². The Morgan fingerprint density at radius 2 is 1.97 bits per heavy atom. The topological polar surface area (TPSA) is 122 Å². The first-order valence-corrected chi connectivity index (χ1v) is 12.1. The number of pyridine rings is 2. The summed E-state index contributed by atoms with van der Waals surface area (Å²) in [4.78, 5) is 41.8. The second-order valence-corrected chi connectivity index (χ2v) is 9.46. The van der Waals surface area contributed by atoms with E-state index in [1.165, 1.54) is 17.5 Å². The zero-order valence-corrected chi connectivity index (χ0v) is 19.2. The monoisotopic (exact) mass is 474 g/mol. The van der Waals surface area contributed by atoms with E-state index in [1.807, 2.05) is 17.5 Å². The van der Waals surface area contributed by atoms with E-state index in [2.05, 4.69) is 30.6 Å². The molecule has 4 aromatic heterocycles. The third-order valence-electron chi connectivity index (χ3n) is 5.95. The largest absolute Gasteiger partial charge is 0.474 e. The third-order valence-corrected chi connectivity index (χ3v) is 6.77. The van der Waals surface area contributed by atoms with E-state index in [0.29, 0.717) is 28.2 Å². The maximum Gasteiger partial charge on any atom is 0.253 e. The summed E-state index contributed by atoms with van der Waals surface area (Å²) in [5.41, 5.74) is 3.36. The lowest BCUT2D eigenvalue weighted by Gasteiger charge is -2.10. The molecule has 0 radical (unpaired) electrons. The molecular formula is C24H22N6O3S. The molecule has 6 rings (SSSR count). The first-order chi connectivity index (χ1) is 16.6. The molecule has 4 heterocycles. The Balaban J connectivity index is 1.50. The molecule has 2 amide bonds. The maximum atomic E-state index is 12.6. The Morgan fingerprint density at radius 1 is 1.12 bits per heavy atom. The number of amides is 2. The van der Waals surface area contributed by atoms with Crippen molar-refractivity contribution in [1.29, 1.82) is 0 Å². The van der Waals surface area contributed by atoms with E-state index in [-0.39, 0.29) is 23.8 Å². The van der Waals surface area contributed by atoms with Gasteiger partial charge in [0.05, 0.1) is 22.3 Å². The minimum atomic E-state index is -0.257. The lowest BCUT2D eigenvalue weighted by Crippen LogP contribution is -2.19. The molecule has 9 nitrogen and oxygen atoms in total. The minimum absolute atomic E-state index is 0.0302. The first kappa shape index (κ1) is 20.8. The predicted molar refractivity (Wildman–Crippen MR) is 129 cm³/mol. The highest BCUT2D eigenvalue weighted by Crippen LogP contribution is 2.39. The van der Waals surface area contributed by atoms with Crippen LogP contribution in [0.3, 0.4) is 0 Å². The van der Waals surface area contributed by atoms with Gasteiger partial charge in [0.25, 0.3) is 5.91 Å². The van der Waals surface area contributed by atoms with Crippen LogP contribution in [0.25, 0.3) is 32.7 Å². The van der Waals surface area contributed by atoms with Gasteiger partial charge in [-0.25, -0.2) is 15.0 Å². The number of anilines is 1. The third kappa shape index (κ3) is 3.90. The summed E-state index contributed by atoms with van der Waals surface area (Å²) >= 11 is 1.53. The number of aromatic nitrogens is 4. The molecule has 2 fully saturated rings. The van der Waals surface area contributed by atoms with Crippen molar-refractivity contribution in [3.05, 3.63) is 41.7 Å². The van der Waals surface area contributed by atoms with Gasteiger partial charge in [-0.3, -0.25) is 9.59 Å². The molecule has 172 valence electrons. The van der Waals surface area contributed by atoms with Crippen LogP contribution in [0.5, 0.6) is 5.88 Å². The molecule has 34 heavy (non-hydrogen) atoms. The van der Waals surface area contributed by atoms with Crippen molar-refractivity contribution < 1.29 is 14.3 Å². The molecule has 2 aliphatic carbocycles. The number of thiazole rings is 1. The Labute approximate surface area is 199 Å². The lowest BCUT2D eigenvalue weighted by molar-refractivity contribution is -0.117. The van der Waals surface area contributed by atoms with Gasteiger partial charge < -0.3 is 20.4 Å². The van der Waals surface area contributed by atoms with Crippen molar-refractivity contribution in [2.24, 2.45) is 5.92 Å². The first-order valence-electron chi connectivity index (χ1n) is 11.2. The second kappa shape index (κ2) is 8.21. The van der Waals surface area contributed by atoms with Gasteiger partial charge in [-0.15, -0.1) is 11.3 Å². The zero-order valence-electron chi connectivity index (χ0n) is 18.4. The SMILES string of the molecule is CNC(=O)c1cnc(NC(=O)C2CC2)c2[nH]c(-c3cc(-c4nccs4)cnc3OC3CC3)cc12. The fraction of sp³-hybridized carbons (Fsp3) is 0.292. The quantitative estimate of drug-likeness (QED) is 0.372. The molecule has 0 saturated heterocycles. The average Bonchev–Trinajstić information content (AvgIpc) is 3.76. The van der Waals surface area contributed by atoms with Gasteiger partial charge in [0, 0.05) is 47.9 Å². The van der Waals surface area contributed by atoms with Crippen molar-refractivity contribution in [2.75, 3.05) is 12.4 Å². The van der Waals surface area contributed by atoms with Crippen molar-refractivity contribution in [2.45, 2.75) is 31.8 Å². The van der Waals surface area contributed by atoms with Gasteiger partial charge in [0.1, 0.15) is 11.1 Å². The van der Waals surface area contributed by atoms with Gasteiger partial charge in [0.15, 0.2) is 5.82 Å². The van der Waals surface area contributed by atoms with Crippen LogP contribution in [0.1, 0.15) is 36.0 Å². The fourth-order valence-electron chi connectivity index (χ4n) is 3.80. The highest BCUT2D eigenvalue weighted by molar-refractivity contribution is 7.13. The zero-order chi connectivity index (χ0) is 23.2. The van der Waals surface area contributed by atoms with Crippen LogP contribution in [0.2, 0.25) is 0 Å². The Morgan fingerprint density at radius 3 is 2.68 bits per heavy atom. The van der Waals surface area contributed by atoms with Gasteiger partial charge in [-0.05, 0) is 37.8 Å². The van der Waals surface area contributed by atoms with E-state index >= 15 is 0 Å². The van der Waals surface area contributed by atoms with Crippen molar-refractivity contribution in [3.8, 4) is 27.7 Å². The van der Waals surface area contributed by atoms with Crippen LogP contribution < -0.4 is 15.4 Å². The van der Waals surface area contributed by atoms with Gasteiger partial charge in [0.2, 0.25) is 11.8 Å². The van der Waals surface area contributed by atoms with E-state index in [1.54, 1.807) is 19.4 Å². The normalized spacial score (nSPS) is 15.3. The molecular weight excluding hydrogens is 452 g/mol. The number of fused-ring (bicyclic) bond motifs is 1. The minimum Gasteiger partial charge on any atom is -0.474 e. The van der Waals surface area contributed by atoms with Crippen molar-refractivity contribution in [1.82, 2.24) is 25.3 Å². The van der Waals surface area contributed by atoms with Crippen LogP contribution in [-0.4, -0.2) is 44.9 Å². The summed E-state index contributed by atoms with van der Waals surface area (Å²) < 4.78 is 6.10. The summed E-state index contributed by atoms with van der Waals surface area (Å²) in [6.45, 7) is 0. The molecule has 0 aliphatic heterocycles. The smallest absolute Gasteiger partial charge is 0.253 e. The maximum absolute atomic E-state index is 12.6. The number of hydrogen-bond acceptors (Lipinski definition) is 7. The molecule has 2 saturated carbocycles. The fourth-order valence-corrected chi connectivity index (χ4v) is 4.42. The molecule has 0 bridgehead atoms. The predicted octanol–water partition coefficient (Wildman–Crippen LogP) is 4.00. The number of carbonyl (C=O) groups is 2. The molecule has 10 heteroatoms. The van der Waals surface area contributed by atoms with Crippen molar-refractivity contribution in [3.63, 3.8) is 0 Å². The number of nitrogens with zero attached hydrogens (tertiary/aromatic N) is 3. The molecule has 0 aromatic carbocycles. The number of aromatic amines is 1. The lowest BCUT2D eigenvalue weighted by atomic mass is 10.1. The standard InChI is InChI=1S/C24H22N6O3S/c1-25-22(32)17-11-27-20(30-21(31)12-2-3-12)19-15(17)9-18(29-19)16-8-13(24-26-6-7-34-24)10-28-23(16)33-14-4-5-14/h6-12,14,29H,2-5H2,1H3,(H,25,32)(H,27,30,31). The molecule has 0 unspecified atom stereocenters. The summed E-state index contributed by atoms with van der Waals surface area (Å²) in [5, 5.41) is 9.01. The van der Waals surface area contributed by atoms with Crippen molar-refractivity contribution >= 4 is 39.9 Å². The van der Waals surface area contributed by atoms with E-state index in [9.17, 15) is 9.59 Å². The number of nitrogens with one attached hydrogen (secondary N) is 3. The van der Waals surface area contributed by atoms with Gasteiger partial charge in [-0.1, -0.05) is 0 Å². The van der Waals surface area contributed by atoms with E-state index < -0.39 is 0 Å². The molecule has 4 aromatic rings. The molecule has 3 N–H and O–H groups in total. The Bertz CT molecular complexity index is 1410. The Hall–Kier alpha value is -3.79. The molecule has 0 spiro atoms. The summed E-state index contributed by atoms with van der Waals surface area (Å²) in [6.07, 6.45) is 8.96. The highest BCUT2D eigenvalue weighted by atomic mass is 32.1. The molecule has 0 atom stereocenters. The summed E-state index contributed by atoms with van der Waals surface area (Å²) in [6, 6.07) is 3.88. The number of H-pyrrole nitrogens is 1. The number of carbonyl (C=O) groups excluding carboxylic acids is 2. The highest BCUT2D eigenvalue weighted by Gasteiger charge is 2.31. The second-order valence-electron chi connectivity index (χ2n) is 8.57. The summed E-state index contributed by atoms with van der Waals surface area (Å²) in [7, 11) is 1.58. The van der Waals surface area contributed by atoms with Crippen LogP contribution in [0, 0.1) is 5.92 Å². The van der Waals surface area contributed by atoms with Crippen LogP contribution >= 0.6 is 11.3 Å². The Kier molecular flexibility index (Phi) is 5.02. The number of ether oxygens (including phenoxy) is 1. The summed E-state index contributed by atoms with van der Waals surface area (Å²) in [5.74, 6) is 0.643. The average molecular weight is 475 g/mol. The van der Waals surface area contributed by atoms with E-state index in [4.69, 9.17) is 4.74 Å². The number of rotatable bonds is 7. The molecule has 2 aliphatic rings. The van der Waals surface area contributed by atoms with Crippen LogP contribution in [-0.2, 0) is 4.79 Å². The van der Waals surface area contributed by atoms with Gasteiger partial charge >= 0.3 is 0 Å². The van der Waals surface area contributed by atoms with Crippen LogP contribution in [0.4, 0.5) is 5.82 Å². The number of hydrogen-bond donors (Lipinski definition) is 3. The van der Waals surface area contributed by atoms with Gasteiger partial charge in [-0.2, -0.15) is 0 Å².